The molecule has 1 heterocycles. The second-order valence-electron chi connectivity index (χ2n) is 4.25. The predicted octanol–water partition coefficient (Wildman–Crippen LogP) is 0.674. The van der Waals surface area contributed by atoms with Crippen LogP contribution in [0.3, 0.4) is 0 Å². The Bertz CT molecular complexity index is 764. The van der Waals surface area contributed by atoms with Crippen molar-refractivity contribution in [3.05, 3.63) is 57.5 Å². The van der Waals surface area contributed by atoms with Gasteiger partial charge in [-0.3, -0.25) is 9.59 Å². The Kier molecular flexibility index (Phi) is 4.49. The van der Waals surface area contributed by atoms with Crippen LogP contribution in [0.1, 0.15) is 21.6 Å². The van der Waals surface area contributed by atoms with Gasteiger partial charge in [0.2, 0.25) is 0 Å². The molecule has 1 amide bonds. The van der Waals surface area contributed by atoms with E-state index >= 15 is 0 Å². The number of H-pyrrole nitrogens is 1. The van der Waals surface area contributed by atoms with Crippen LogP contribution < -0.4 is 10.9 Å². The molecule has 6 nitrogen and oxygen atoms in total. The Balaban J connectivity index is 2.16. The van der Waals surface area contributed by atoms with Gasteiger partial charge in [0.1, 0.15) is 12.3 Å². The van der Waals surface area contributed by atoms with Crippen molar-refractivity contribution >= 4 is 11.6 Å². The molecule has 0 spiro atoms. The largest absolute Gasteiger partial charge is 0.384 e. The second-order valence-corrected chi connectivity index (χ2v) is 4.25. The molecule has 0 saturated heterocycles. The van der Waals surface area contributed by atoms with Gasteiger partial charge in [0, 0.05) is 17.3 Å². The first kappa shape index (κ1) is 14.5. The lowest BCUT2D eigenvalue weighted by atomic mass is 10.1. The van der Waals surface area contributed by atoms with Gasteiger partial charge < -0.3 is 10.4 Å². The van der Waals surface area contributed by atoms with E-state index in [2.05, 4.69) is 27.4 Å². The summed E-state index contributed by atoms with van der Waals surface area (Å²) in [6.45, 7) is 1.66. The van der Waals surface area contributed by atoms with Gasteiger partial charge in [0.15, 0.2) is 0 Å². The smallest absolute Gasteiger partial charge is 0.276 e. The summed E-state index contributed by atoms with van der Waals surface area (Å²) < 4.78 is 0. The number of benzene rings is 1. The number of aryl methyl sites for hydroxylation is 1. The number of hydrogen-bond acceptors (Lipinski definition) is 4. The molecule has 1 aromatic carbocycles. The van der Waals surface area contributed by atoms with Crippen molar-refractivity contribution in [2.75, 3.05) is 11.9 Å². The molecular weight excluding hydrogens is 270 g/mol. The number of hydrogen-bond donors (Lipinski definition) is 3. The molecule has 2 rings (SSSR count). The molecule has 1 aromatic heterocycles. The molecule has 0 unspecified atom stereocenters. The lowest BCUT2D eigenvalue weighted by Gasteiger charge is -2.06. The summed E-state index contributed by atoms with van der Waals surface area (Å²) in [4.78, 5) is 22.8. The van der Waals surface area contributed by atoms with E-state index in [0.29, 0.717) is 5.69 Å². The van der Waals surface area contributed by atoms with Gasteiger partial charge >= 0.3 is 0 Å². The highest BCUT2D eigenvalue weighted by molar-refractivity contribution is 6.02. The Morgan fingerprint density at radius 1 is 1.38 bits per heavy atom. The van der Waals surface area contributed by atoms with Crippen LogP contribution in [0.4, 0.5) is 5.69 Å². The quantitative estimate of drug-likeness (QED) is 0.706. The summed E-state index contributed by atoms with van der Waals surface area (Å²) in [6.07, 6.45) is 0. The number of aliphatic hydroxyl groups is 1. The number of nitrogens with zero attached hydrogens (tertiary/aromatic N) is 1. The van der Waals surface area contributed by atoms with E-state index in [0.717, 1.165) is 11.1 Å². The molecule has 0 fully saturated rings. The van der Waals surface area contributed by atoms with Gasteiger partial charge in [-0.05, 0) is 36.8 Å². The van der Waals surface area contributed by atoms with E-state index in [9.17, 15) is 9.59 Å². The zero-order chi connectivity index (χ0) is 15.2. The molecule has 0 saturated carbocycles. The maximum Gasteiger partial charge on any atom is 0.276 e. The minimum Gasteiger partial charge on any atom is -0.384 e. The minimum absolute atomic E-state index is 0.122. The van der Waals surface area contributed by atoms with E-state index in [1.807, 2.05) is 6.92 Å². The van der Waals surface area contributed by atoms with E-state index in [1.54, 1.807) is 18.2 Å². The maximum absolute atomic E-state index is 11.9. The Hall–Kier alpha value is -2.91. The van der Waals surface area contributed by atoms with Crippen LogP contribution in [-0.2, 0) is 0 Å². The van der Waals surface area contributed by atoms with Gasteiger partial charge in [0.05, 0.1) is 0 Å². The normalized spacial score (nSPS) is 9.62. The molecule has 0 aliphatic rings. The number of carbonyl (C=O) groups excluding carboxylic acids is 1. The van der Waals surface area contributed by atoms with E-state index in [4.69, 9.17) is 5.11 Å². The van der Waals surface area contributed by atoms with Crippen LogP contribution in [-0.4, -0.2) is 27.8 Å². The van der Waals surface area contributed by atoms with Gasteiger partial charge in [-0.25, -0.2) is 5.10 Å². The predicted molar refractivity (Wildman–Crippen MR) is 78.0 cm³/mol. The molecule has 0 bridgehead atoms. The molecule has 6 heteroatoms. The lowest BCUT2D eigenvalue weighted by Crippen LogP contribution is -2.17. The van der Waals surface area contributed by atoms with Crippen molar-refractivity contribution in [3.8, 4) is 11.8 Å². The number of aromatic amines is 1. The number of aliphatic hydroxyl groups excluding tert-OH is 1. The first-order valence-electron chi connectivity index (χ1n) is 6.17. The van der Waals surface area contributed by atoms with Crippen LogP contribution in [0, 0.1) is 18.8 Å². The van der Waals surface area contributed by atoms with Gasteiger partial charge in [0.25, 0.3) is 11.5 Å². The fraction of sp³-hybridized carbons (Fsp3) is 0.133. The van der Waals surface area contributed by atoms with Crippen molar-refractivity contribution < 1.29 is 9.90 Å². The fourth-order valence-electron chi connectivity index (χ4n) is 1.68. The summed E-state index contributed by atoms with van der Waals surface area (Å²) in [5.41, 5.74) is 2.01. The fourth-order valence-corrected chi connectivity index (χ4v) is 1.68. The van der Waals surface area contributed by atoms with Gasteiger partial charge in [-0.1, -0.05) is 11.8 Å². The summed E-state index contributed by atoms with van der Waals surface area (Å²) in [5, 5.41) is 17.2. The van der Waals surface area contributed by atoms with Crippen molar-refractivity contribution in [2.24, 2.45) is 0 Å². The first-order chi connectivity index (χ1) is 10.1. The van der Waals surface area contributed by atoms with Crippen molar-refractivity contribution in [1.82, 2.24) is 10.2 Å². The van der Waals surface area contributed by atoms with Crippen molar-refractivity contribution in [1.29, 1.82) is 0 Å². The number of nitrogens with one attached hydrogen (secondary N) is 2. The zero-order valence-electron chi connectivity index (χ0n) is 11.3. The van der Waals surface area contributed by atoms with Crippen LogP contribution in [0.25, 0.3) is 0 Å². The van der Waals surface area contributed by atoms with Crippen molar-refractivity contribution in [2.45, 2.75) is 6.92 Å². The number of anilines is 1. The number of aromatic nitrogens is 2. The lowest BCUT2D eigenvalue weighted by molar-refractivity contribution is 0.102. The molecule has 2 aromatic rings. The number of rotatable bonds is 2. The summed E-state index contributed by atoms with van der Waals surface area (Å²) in [7, 11) is 0. The average molecular weight is 283 g/mol. The van der Waals surface area contributed by atoms with E-state index < -0.39 is 5.91 Å². The highest BCUT2D eigenvalue weighted by Crippen LogP contribution is 2.15. The van der Waals surface area contributed by atoms with Crippen LogP contribution in [0.15, 0.2) is 35.1 Å². The highest BCUT2D eigenvalue weighted by atomic mass is 16.2. The van der Waals surface area contributed by atoms with Crippen LogP contribution >= 0.6 is 0 Å². The molecular formula is C15H13N3O3. The molecule has 0 aliphatic carbocycles. The van der Waals surface area contributed by atoms with Gasteiger partial charge in [-0.2, -0.15) is 5.10 Å². The summed E-state index contributed by atoms with van der Waals surface area (Å²) in [5.74, 6) is 4.97. The van der Waals surface area contributed by atoms with E-state index in [1.165, 1.54) is 12.1 Å². The monoisotopic (exact) mass is 283 g/mol. The standard InChI is InChI=1S/C15H13N3O3/c1-10-9-12(5-4-11(10)3-2-8-19)16-15(21)13-6-7-14(20)18-17-13/h4-7,9,19H,8H2,1H3,(H,16,21)(H,18,20). The first-order valence-corrected chi connectivity index (χ1v) is 6.17. The zero-order valence-corrected chi connectivity index (χ0v) is 11.3. The molecule has 0 radical (unpaired) electrons. The Morgan fingerprint density at radius 3 is 2.81 bits per heavy atom. The van der Waals surface area contributed by atoms with Crippen LogP contribution in [0.5, 0.6) is 0 Å². The Labute approximate surface area is 120 Å². The highest BCUT2D eigenvalue weighted by Gasteiger charge is 2.08. The second kappa shape index (κ2) is 6.50. The average Bonchev–Trinajstić information content (AvgIpc) is 2.47. The van der Waals surface area contributed by atoms with Crippen LogP contribution in [0.2, 0.25) is 0 Å². The third-order valence-corrected chi connectivity index (χ3v) is 2.70. The summed E-state index contributed by atoms with van der Waals surface area (Å²) >= 11 is 0. The summed E-state index contributed by atoms with van der Waals surface area (Å²) in [6, 6.07) is 7.82. The Morgan fingerprint density at radius 2 is 2.19 bits per heavy atom. The van der Waals surface area contributed by atoms with Gasteiger partial charge in [-0.15, -0.1) is 0 Å². The number of carbonyl (C=O) groups is 1. The maximum atomic E-state index is 11.9. The number of amides is 1. The molecule has 3 N–H and O–H groups in total. The SMILES string of the molecule is Cc1cc(NC(=O)c2ccc(=O)[nH]n2)ccc1C#CCO. The third-order valence-electron chi connectivity index (χ3n) is 2.70. The van der Waals surface area contributed by atoms with E-state index in [-0.39, 0.29) is 17.9 Å². The minimum atomic E-state index is -0.417. The molecule has 0 atom stereocenters. The third kappa shape index (κ3) is 3.78. The molecule has 0 aliphatic heterocycles. The van der Waals surface area contributed by atoms with Crippen molar-refractivity contribution in [3.63, 3.8) is 0 Å². The molecule has 21 heavy (non-hydrogen) atoms. The topological polar surface area (TPSA) is 95.1 Å². The molecule has 106 valence electrons.